The van der Waals surface area contributed by atoms with Gasteiger partial charge in [-0.3, -0.25) is 4.98 Å². The summed E-state index contributed by atoms with van der Waals surface area (Å²) >= 11 is 1.62. The van der Waals surface area contributed by atoms with Crippen LogP contribution in [0.5, 0.6) is 0 Å². The highest BCUT2D eigenvalue weighted by molar-refractivity contribution is 7.99. The van der Waals surface area contributed by atoms with Crippen LogP contribution in [0.1, 0.15) is 11.6 Å². The fourth-order valence-corrected chi connectivity index (χ4v) is 3.12. The predicted octanol–water partition coefficient (Wildman–Crippen LogP) is 4.17. The minimum Gasteiger partial charge on any atom is -0.323 e. The van der Waals surface area contributed by atoms with Gasteiger partial charge in [0.2, 0.25) is 0 Å². The van der Waals surface area contributed by atoms with Crippen molar-refractivity contribution < 1.29 is 4.39 Å². The van der Waals surface area contributed by atoms with Crippen LogP contribution in [0, 0.1) is 5.82 Å². The van der Waals surface area contributed by atoms with Crippen molar-refractivity contribution in [1.82, 2.24) is 4.98 Å². The molecular formula is C17H15FN2S. The van der Waals surface area contributed by atoms with Gasteiger partial charge in [0.25, 0.3) is 0 Å². The number of pyridine rings is 1. The number of nitrogens with zero attached hydrogens (tertiary/aromatic N) is 1. The number of thioether (sulfide) groups is 1. The van der Waals surface area contributed by atoms with E-state index in [0.717, 1.165) is 27.0 Å². The molecule has 0 saturated heterocycles. The maximum absolute atomic E-state index is 12.9. The molecular weight excluding hydrogens is 283 g/mol. The van der Waals surface area contributed by atoms with E-state index in [0.29, 0.717) is 0 Å². The number of benzene rings is 2. The molecule has 1 heterocycles. The molecule has 4 heteroatoms. The minimum atomic E-state index is -0.220. The van der Waals surface area contributed by atoms with Crippen LogP contribution in [0.15, 0.2) is 65.8 Å². The van der Waals surface area contributed by atoms with Crippen LogP contribution in [0.3, 0.4) is 0 Å². The van der Waals surface area contributed by atoms with Crippen LogP contribution >= 0.6 is 11.8 Å². The van der Waals surface area contributed by atoms with Crippen molar-refractivity contribution in [3.05, 3.63) is 72.3 Å². The number of fused-ring (bicyclic) bond motifs is 1. The molecule has 0 amide bonds. The quantitative estimate of drug-likeness (QED) is 0.735. The van der Waals surface area contributed by atoms with Gasteiger partial charge in [-0.05, 0) is 35.2 Å². The normalized spacial score (nSPS) is 12.5. The summed E-state index contributed by atoms with van der Waals surface area (Å²) in [4.78, 5) is 5.28. The Morgan fingerprint density at radius 3 is 2.62 bits per heavy atom. The fraction of sp³-hybridized carbons (Fsp3) is 0.118. The van der Waals surface area contributed by atoms with Crippen molar-refractivity contribution in [1.29, 1.82) is 0 Å². The third-order valence-electron chi connectivity index (χ3n) is 3.34. The molecule has 0 fully saturated rings. The lowest BCUT2D eigenvalue weighted by Crippen LogP contribution is -2.13. The number of halogens is 1. The lowest BCUT2D eigenvalue weighted by molar-refractivity contribution is 0.626. The summed E-state index contributed by atoms with van der Waals surface area (Å²) in [6.45, 7) is 0. The van der Waals surface area contributed by atoms with Crippen LogP contribution in [0.2, 0.25) is 0 Å². The van der Waals surface area contributed by atoms with E-state index in [4.69, 9.17) is 5.73 Å². The second kappa shape index (κ2) is 6.24. The topological polar surface area (TPSA) is 38.9 Å². The second-order valence-electron chi connectivity index (χ2n) is 4.82. The Hall–Kier alpha value is -1.91. The third kappa shape index (κ3) is 3.23. The first-order valence-electron chi connectivity index (χ1n) is 6.70. The Morgan fingerprint density at radius 2 is 1.81 bits per heavy atom. The van der Waals surface area contributed by atoms with Crippen LogP contribution in [-0.2, 0) is 0 Å². The molecule has 0 aliphatic carbocycles. The molecule has 2 N–H and O–H groups in total. The largest absolute Gasteiger partial charge is 0.323 e. The molecule has 0 bridgehead atoms. The van der Waals surface area contributed by atoms with E-state index in [9.17, 15) is 4.39 Å². The molecule has 21 heavy (non-hydrogen) atoms. The third-order valence-corrected chi connectivity index (χ3v) is 4.47. The van der Waals surface area contributed by atoms with Gasteiger partial charge in [0.1, 0.15) is 5.82 Å². The first kappa shape index (κ1) is 14.0. The molecule has 2 aromatic carbocycles. The highest BCUT2D eigenvalue weighted by Gasteiger charge is 2.11. The molecule has 0 spiro atoms. The van der Waals surface area contributed by atoms with E-state index in [1.807, 2.05) is 30.6 Å². The van der Waals surface area contributed by atoms with Crippen molar-refractivity contribution in [3.8, 4) is 0 Å². The van der Waals surface area contributed by atoms with Gasteiger partial charge in [0.15, 0.2) is 0 Å². The molecule has 3 rings (SSSR count). The predicted molar refractivity (Wildman–Crippen MR) is 85.8 cm³/mol. The number of aromatic nitrogens is 1. The Morgan fingerprint density at radius 1 is 1.05 bits per heavy atom. The average Bonchev–Trinajstić information content (AvgIpc) is 2.53. The van der Waals surface area contributed by atoms with E-state index in [2.05, 4.69) is 11.1 Å². The summed E-state index contributed by atoms with van der Waals surface area (Å²) in [6.07, 6.45) is 3.68. The van der Waals surface area contributed by atoms with Crippen molar-refractivity contribution >= 4 is 22.5 Å². The summed E-state index contributed by atoms with van der Waals surface area (Å²) in [7, 11) is 0. The SMILES string of the molecule is NC(CSc1ccc(F)cc1)c1cncc2ccccc12. The molecule has 0 aliphatic rings. The summed E-state index contributed by atoms with van der Waals surface area (Å²) < 4.78 is 12.9. The van der Waals surface area contributed by atoms with Crippen LogP contribution in [0.25, 0.3) is 10.8 Å². The Labute approximate surface area is 127 Å². The first-order chi connectivity index (χ1) is 10.2. The van der Waals surface area contributed by atoms with Gasteiger partial charge in [-0.1, -0.05) is 24.3 Å². The van der Waals surface area contributed by atoms with Crippen LogP contribution in [0.4, 0.5) is 4.39 Å². The summed E-state index contributed by atoms with van der Waals surface area (Å²) in [5.74, 6) is 0.503. The van der Waals surface area contributed by atoms with Crippen molar-refractivity contribution in [2.24, 2.45) is 5.73 Å². The van der Waals surface area contributed by atoms with Crippen molar-refractivity contribution in [3.63, 3.8) is 0 Å². The van der Waals surface area contributed by atoms with Gasteiger partial charge in [-0.25, -0.2) is 4.39 Å². The molecule has 0 radical (unpaired) electrons. The van der Waals surface area contributed by atoms with Gasteiger partial charge < -0.3 is 5.73 Å². The minimum absolute atomic E-state index is 0.112. The smallest absolute Gasteiger partial charge is 0.123 e. The molecule has 3 aromatic rings. The molecule has 0 saturated carbocycles. The van der Waals surface area contributed by atoms with E-state index in [-0.39, 0.29) is 11.9 Å². The van der Waals surface area contributed by atoms with Crippen molar-refractivity contribution in [2.75, 3.05) is 5.75 Å². The van der Waals surface area contributed by atoms with Gasteiger partial charge in [0.05, 0.1) is 0 Å². The number of nitrogens with two attached hydrogens (primary N) is 1. The summed E-state index contributed by atoms with van der Waals surface area (Å²) in [5, 5.41) is 2.23. The van der Waals surface area contributed by atoms with Gasteiger partial charge in [-0.15, -0.1) is 11.8 Å². The highest BCUT2D eigenvalue weighted by Crippen LogP contribution is 2.27. The Kier molecular flexibility index (Phi) is 4.18. The molecule has 1 atom stereocenters. The zero-order chi connectivity index (χ0) is 14.7. The number of hydrogen-bond donors (Lipinski definition) is 1. The second-order valence-corrected chi connectivity index (χ2v) is 5.91. The van der Waals surface area contributed by atoms with Gasteiger partial charge in [0, 0.05) is 34.5 Å². The van der Waals surface area contributed by atoms with E-state index in [1.54, 1.807) is 23.9 Å². The molecule has 1 aromatic heterocycles. The number of hydrogen-bond acceptors (Lipinski definition) is 3. The molecule has 1 unspecified atom stereocenters. The van der Waals surface area contributed by atoms with E-state index in [1.165, 1.54) is 12.1 Å². The van der Waals surface area contributed by atoms with Crippen molar-refractivity contribution in [2.45, 2.75) is 10.9 Å². The zero-order valence-corrected chi connectivity index (χ0v) is 12.2. The van der Waals surface area contributed by atoms with E-state index < -0.39 is 0 Å². The maximum Gasteiger partial charge on any atom is 0.123 e. The fourth-order valence-electron chi connectivity index (χ4n) is 2.24. The monoisotopic (exact) mass is 298 g/mol. The maximum atomic E-state index is 12.9. The zero-order valence-electron chi connectivity index (χ0n) is 11.4. The summed E-state index contributed by atoms with van der Waals surface area (Å²) in [6, 6.07) is 14.5. The van der Waals surface area contributed by atoms with Crippen LogP contribution in [-0.4, -0.2) is 10.7 Å². The molecule has 106 valence electrons. The lowest BCUT2D eigenvalue weighted by atomic mass is 10.0. The molecule has 0 aliphatic heterocycles. The van der Waals surface area contributed by atoms with E-state index >= 15 is 0 Å². The Bertz CT molecular complexity index is 738. The highest BCUT2D eigenvalue weighted by atomic mass is 32.2. The van der Waals surface area contributed by atoms with Gasteiger partial charge in [-0.2, -0.15) is 0 Å². The molecule has 2 nitrogen and oxygen atoms in total. The summed E-state index contributed by atoms with van der Waals surface area (Å²) in [5.41, 5.74) is 7.35. The number of rotatable bonds is 4. The van der Waals surface area contributed by atoms with Crippen LogP contribution < -0.4 is 5.73 Å². The first-order valence-corrected chi connectivity index (χ1v) is 7.69. The van der Waals surface area contributed by atoms with Gasteiger partial charge >= 0.3 is 0 Å². The Balaban J connectivity index is 1.78. The standard InChI is InChI=1S/C17H15FN2S/c18-13-5-7-14(8-6-13)21-11-17(19)16-10-20-9-12-3-1-2-4-15(12)16/h1-10,17H,11,19H2. The lowest BCUT2D eigenvalue weighted by Gasteiger charge is -2.14. The average molecular weight is 298 g/mol.